The van der Waals surface area contributed by atoms with Gasteiger partial charge in [-0.1, -0.05) is 12.8 Å². The number of hydrogen-bond acceptors (Lipinski definition) is 5. The molecule has 1 aromatic heterocycles. The van der Waals surface area contributed by atoms with E-state index in [-0.39, 0.29) is 11.7 Å². The first-order valence-electron chi connectivity index (χ1n) is 2.82. The number of nitrogens with zero attached hydrogens (tertiary/aromatic N) is 1. The number of thiol groups is 1. The lowest BCUT2D eigenvalue weighted by Crippen LogP contribution is -2.12. The summed E-state index contributed by atoms with van der Waals surface area (Å²) in [5.41, 5.74) is 5.42. The number of aryl methyl sites for hydroxylation is 1. The van der Waals surface area contributed by atoms with Crippen molar-refractivity contribution in [2.75, 3.05) is 5.73 Å². The Morgan fingerprint density at radius 1 is 1.82 bits per heavy atom. The molecule has 4 nitrogen and oxygen atoms in total. The summed E-state index contributed by atoms with van der Waals surface area (Å²) in [6.45, 7) is 1.79. The number of rotatable bonds is 1. The fourth-order valence-electron chi connectivity index (χ4n) is 0.657. The number of nitrogens with one attached hydrogen (secondary N) is 1. The van der Waals surface area contributed by atoms with E-state index in [4.69, 9.17) is 5.73 Å². The third-order valence-electron chi connectivity index (χ3n) is 1.07. The van der Waals surface area contributed by atoms with E-state index in [1.807, 2.05) is 0 Å². The smallest absolute Gasteiger partial charge is 0.274 e. The number of anilines is 1. The predicted molar refractivity (Wildman–Crippen MR) is 47.7 cm³/mol. The molecule has 1 rings (SSSR count). The standard InChI is InChI=1S/C5H7N3OS2/c1-2-7-4(6)3(11-2)5(9)8-10/h10H,6H2,1H3,(H,8,9). The Kier molecular flexibility index (Phi) is 2.35. The van der Waals surface area contributed by atoms with Gasteiger partial charge in [0.1, 0.15) is 10.7 Å². The molecule has 0 saturated carbocycles. The third kappa shape index (κ3) is 1.63. The monoisotopic (exact) mass is 189 g/mol. The van der Waals surface area contributed by atoms with Crippen molar-refractivity contribution in [1.82, 2.24) is 9.71 Å². The fraction of sp³-hybridized carbons (Fsp3) is 0.200. The Labute approximate surface area is 73.4 Å². The second-order valence-corrected chi connectivity index (χ2v) is 3.31. The van der Waals surface area contributed by atoms with Crippen molar-refractivity contribution in [2.24, 2.45) is 0 Å². The van der Waals surface area contributed by atoms with Crippen LogP contribution in [-0.4, -0.2) is 10.9 Å². The fourth-order valence-corrected chi connectivity index (χ4v) is 1.58. The lowest BCUT2D eigenvalue weighted by Gasteiger charge is -1.92. The van der Waals surface area contributed by atoms with E-state index in [2.05, 4.69) is 22.5 Å². The van der Waals surface area contributed by atoms with E-state index in [0.717, 1.165) is 5.01 Å². The molecule has 1 amide bonds. The molecule has 0 bridgehead atoms. The van der Waals surface area contributed by atoms with Crippen molar-refractivity contribution in [3.63, 3.8) is 0 Å². The third-order valence-corrected chi connectivity index (χ3v) is 2.26. The first kappa shape index (κ1) is 8.35. The van der Waals surface area contributed by atoms with Crippen LogP contribution in [0.15, 0.2) is 0 Å². The minimum absolute atomic E-state index is 0.263. The largest absolute Gasteiger partial charge is 0.382 e. The number of thiazole rings is 1. The molecule has 0 aromatic carbocycles. The second kappa shape index (κ2) is 3.10. The number of aromatic nitrogens is 1. The van der Waals surface area contributed by atoms with E-state index in [0.29, 0.717) is 4.88 Å². The maximum Gasteiger partial charge on any atom is 0.274 e. The van der Waals surface area contributed by atoms with Crippen LogP contribution in [0.5, 0.6) is 0 Å². The van der Waals surface area contributed by atoms with Gasteiger partial charge >= 0.3 is 0 Å². The summed E-state index contributed by atoms with van der Waals surface area (Å²) in [6.07, 6.45) is 0. The molecule has 1 aromatic rings. The molecule has 0 atom stereocenters. The van der Waals surface area contributed by atoms with Crippen LogP contribution in [-0.2, 0) is 0 Å². The zero-order chi connectivity index (χ0) is 8.43. The van der Waals surface area contributed by atoms with Gasteiger partial charge in [0.05, 0.1) is 5.01 Å². The molecular weight excluding hydrogens is 182 g/mol. The highest BCUT2D eigenvalue weighted by Gasteiger charge is 2.12. The topological polar surface area (TPSA) is 68.0 Å². The van der Waals surface area contributed by atoms with E-state index in [9.17, 15) is 4.79 Å². The molecule has 1 heterocycles. The van der Waals surface area contributed by atoms with Gasteiger partial charge in [-0.25, -0.2) is 4.98 Å². The van der Waals surface area contributed by atoms with Crippen molar-refractivity contribution in [2.45, 2.75) is 6.92 Å². The Balaban J connectivity index is 3.03. The average Bonchev–Trinajstić information content (AvgIpc) is 2.28. The highest BCUT2D eigenvalue weighted by atomic mass is 32.1. The maximum atomic E-state index is 11.0. The summed E-state index contributed by atoms with van der Waals surface area (Å²) in [6, 6.07) is 0. The molecular formula is C5H7N3OS2. The number of nitrogens with two attached hydrogens (primary N) is 1. The summed E-state index contributed by atoms with van der Waals surface area (Å²) in [4.78, 5) is 15.2. The van der Waals surface area contributed by atoms with Crippen LogP contribution >= 0.6 is 24.2 Å². The Bertz CT molecular complexity index is 283. The summed E-state index contributed by atoms with van der Waals surface area (Å²) >= 11 is 4.86. The Morgan fingerprint density at radius 3 is 2.82 bits per heavy atom. The van der Waals surface area contributed by atoms with Gasteiger partial charge in [-0.2, -0.15) is 0 Å². The zero-order valence-electron chi connectivity index (χ0n) is 5.79. The molecule has 0 aliphatic heterocycles. The van der Waals surface area contributed by atoms with Crippen molar-refractivity contribution in [3.8, 4) is 0 Å². The van der Waals surface area contributed by atoms with Gasteiger partial charge in [-0.15, -0.1) is 11.3 Å². The lowest BCUT2D eigenvalue weighted by molar-refractivity contribution is 0.0989. The normalized spacial score (nSPS) is 9.64. The maximum absolute atomic E-state index is 11.0. The molecule has 0 fully saturated rings. The number of hydrogen-bond donors (Lipinski definition) is 3. The molecule has 0 aliphatic carbocycles. The van der Waals surface area contributed by atoms with Crippen LogP contribution in [0.3, 0.4) is 0 Å². The Morgan fingerprint density at radius 2 is 2.45 bits per heavy atom. The lowest BCUT2D eigenvalue weighted by atomic mass is 10.5. The van der Waals surface area contributed by atoms with E-state index in [1.54, 1.807) is 6.92 Å². The van der Waals surface area contributed by atoms with E-state index < -0.39 is 0 Å². The first-order valence-corrected chi connectivity index (χ1v) is 4.09. The summed E-state index contributed by atoms with van der Waals surface area (Å²) < 4.78 is 2.18. The van der Waals surface area contributed by atoms with Crippen LogP contribution in [0, 0.1) is 6.92 Å². The SMILES string of the molecule is Cc1nc(N)c(C(=O)NS)s1. The number of carbonyl (C=O) groups is 1. The molecule has 3 N–H and O–H groups in total. The molecule has 0 unspecified atom stereocenters. The van der Waals surface area contributed by atoms with Crippen molar-refractivity contribution < 1.29 is 4.79 Å². The van der Waals surface area contributed by atoms with Crippen LogP contribution in [0.25, 0.3) is 0 Å². The molecule has 0 spiro atoms. The van der Waals surface area contributed by atoms with Crippen LogP contribution in [0.2, 0.25) is 0 Å². The van der Waals surface area contributed by atoms with Gasteiger partial charge in [0, 0.05) is 0 Å². The molecule has 6 heteroatoms. The average molecular weight is 189 g/mol. The quantitative estimate of drug-likeness (QED) is 0.567. The van der Waals surface area contributed by atoms with Crippen molar-refractivity contribution >= 4 is 35.9 Å². The van der Waals surface area contributed by atoms with E-state index in [1.165, 1.54) is 11.3 Å². The highest BCUT2D eigenvalue weighted by Crippen LogP contribution is 2.19. The van der Waals surface area contributed by atoms with Crippen molar-refractivity contribution in [3.05, 3.63) is 9.88 Å². The summed E-state index contributed by atoms with van der Waals surface area (Å²) in [5.74, 6) is -0.0458. The van der Waals surface area contributed by atoms with Crippen LogP contribution in [0.1, 0.15) is 14.7 Å². The number of amides is 1. The van der Waals surface area contributed by atoms with Gasteiger partial charge < -0.3 is 5.73 Å². The summed E-state index contributed by atoms with van der Waals surface area (Å²) in [5, 5.41) is 0.773. The molecule has 0 radical (unpaired) electrons. The number of nitrogen functional groups attached to an aromatic ring is 1. The predicted octanol–water partition coefficient (Wildman–Crippen LogP) is 0.608. The van der Waals surface area contributed by atoms with Gasteiger partial charge in [-0.3, -0.25) is 9.52 Å². The molecule has 11 heavy (non-hydrogen) atoms. The highest BCUT2D eigenvalue weighted by molar-refractivity contribution is 7.78. The minimum atomic E-state index is -0.309. The molecule has 60 valence electrons. The number of carbonyl (C=O) groups excluding carboxylic acids is 1. The van der Waals surface area contributed by atoms with Crippen LogP contribution in [0.4, 0.5) is 5.82 Å². The second-order valence-electron chi connectivity index (χ2n) is 1.89. The molecule has 0 saturated heterocycles. The van der Waals surface area contributed by atoms with Gasteiger partial charge in [0.25, 0.3) is 5.91 Å². The van der Waals surface area contributed by atoms with Crippen LogP contribution < -0.4 is 10.5 Å². The van der Waals surface area contributed by atoms with E-state index >= 15 is 0 Å². The summed E-state index contributed by atoms with van der Waals surface area (Å²) in [7, 11) is 0. The van der Waals surface area contributed by atoms with Crippen molar-refractivity contribution in [1.29, 1.82) is 0 Å². The zero-order valence-corrected chi connectivity index (χ0v) is 7.50. The van der Waals surface area contributed by atoms with Gasteiger partial charge in [-0.05, 0) is 6.92 Å². The van der Waals surface area contributed by atoms with Gasteiger partial charge in [0.15, 0.2) is 0 Å². The Hall–Kier alpha value is -0.750. The minimum Gasteiger partial charge on any atom is -0.382 e. The van der Waals surface area contributed by atoms with Gasteiger partial charge in [0.2, 0.25) is 0 Å². The molecule has 0 aliphatic rings. The first-order chi connectivity index (χ1) is 5.15.